The lowest BCUT2D eigenvalue weighted by molar-refractivity contribution is -0.137. The summed E-state index contributed by atoms with van der Waals surface area (Å²) in [6.45, 7) is 0. The Morgan fingerprint density at radius 1 is 1.05 bits per heavy atom. The van der Waals surface area contributed by atoms with Crippen LogP contribution in [0, 0.1) is 17.1 Å². The Morgan fingerprint density at radius 3 is 2.33 bits per heavy atom. The van der Waals surface area contributed by atoms with E-state index in [4.69, 9.17) is 15.7 Å². The molecule has 0 saturated heterocycles. The van der Waals surface area contributed by atoms with Crippen molar-refractivity contribution in [2.24, 2.45) is 0 Å². The van der Waals surface area contributed by atoms with Crippen LogP contribution in [-0.4, -0.2) is 0 Å². The Bertz CT molecular complexity index is 720. The van der Waals surface area contributed by atoms with Gasteiger partial charge in [-0.25, -0.2) is 4.39 Å². The molecule has 2 aromatic rings. The molecule has 0 heterocycles. The maximum atomic E-state index is 13.4. The number of hydrogen-bond donors (Lipinski definition) is 1. The SMILES string of the molecule is N#Cc1ccc(Oc2cc(N)cc(C(F)(F)F)c2)cc1F. The third-order valence-corrected chi connectivity index (χ3v) is 2.55. The molecule has 0 saturated carbocycles. The van der Waals surface area contributed by atoms with Crippen LogP contribution < -0.4 is 10.5 Å². The molecule has 0 bridgehead atoms. The van der Waals surface area contributed by atoms with Gasteiger partial charge in [0, 0.05) is 17.8 Å². The van der Waals surface area contributed by atoms with Crippen LogP contribution >= 0.6 is 0 Å². The van der Waals surface area contributed by atoms with E-state index in [9.17, 15) is 17.6 Å². The molecule has 0 spiro atoms. The molecule has 0 aliphatic carbocycles. The Kier molecular flexibility index (Phi) is 3.72. The number of ether oxygens (including phenoxy) is 1. The number of nitriles is 1. The van der Waals surface area contributed by atoms with Crippen molar-refractivity contribution in [3.05, 3.63) is 53.3 Å². The van der Waals surface area contributed by atoms with Crippen molar-refractivity contribution in [2.45, 2.75) is 6.18 Å². The zero-order chi connectivity index (χ0) is 15.6. The van der Waals surface area contributed by atoms with E-state index in [1.807, 2.05) is 0 Å². The number of alkyl halides is 3. The number of rotatable bonds is 2. The molecular weight excluding hydrogens is 288 g/mol. The second-order valence-electron chi connectivity index (χ2n) is 4.14. The lowest BCUT2D eigenvalue weighted by atomic mass is 10.2. The Morgan fingerprint density at radius 2 is 1.76 bits per heavy atom. The first-order valence-corrected chi connectivity index (χ1v) is 5.65. The summed E-state index contributed by atoms with van der Waals surface area (Å²) in [7, 11) is 0. The van der Waals surface area contributed by atoms with Crippen LogP contribution in [0.5, 0.6) is 11.5 Å². The van der Waals surface area contributed by atoms with E-state index in [0.29, 0.717) is 0 Å². The van der Waals surface area contributed by atoms with Crippen molar-refractivity contribution in [1.82, 2.24) is 0 Å². The van der Waals surface area contributed by atoms with Crippen molar-refractivity contribution < 1.29 is 22.3 Å². The lowest BCUT2D eigenvalue weighted by Crippen LogP contribution is -2.06. The van der Waals surface area contributed by atoms with E-state index in [2.05, 4.69) is 0 Å². The molecule has 0 unspecified atom stereocenters. The van der Waals surface area contributed by atoms with Crippen LogP contribution in [0.1, 0.15) is 11.1 Å². The summed E-state index contributed by atoms with van der Waals surface area (Å²) in [4.78, 5) is 0. The number of hydrogen-bond acceptors (Lipinski definition) is 3. The molecule has 7 heteroatoms. The lowest BCUT2D eigenvalue weighted by Gasteiger charge is -2.11. The topological polar surface area (TPSA) is 59.0 Å². The fourth-order valence-electron chi connectivity index (χ4n) is 1.63. The molecular formula is C14H8F4N2O. The number of benzene rings is 2. The molecule has 0 amide bonds. The molecule has 0 aliphatic heterocycles. The fraction of sp³-hybridized carbons (Fsp3) is 0.0714. The van der Waals surface area contributed by atoms with Gasteiger partial charge in [0.25, 0.3) is 0 Å². The molecule has 2 rings (SSSR count). The maximum absolute atomic E-state index is 13.4. The quantitative estimate of drug-likeness (QED) is 0.670. The van der Waals surface area contributed by atoms with Gasteiger partial charge in [0.2, 0.25) is 0 Å². The van der Waals surface area contributed by atoms with Crippen molar-refractivity contribution in [3.63, 3.8) is 0 Å². The Hall–Kier alpha value is -2.75. The molecule has 108 valence electrons. The van der Waals surface area contributed by atoms with Gasteiger partial charge < -0.3 is 10.5 Å². The van der Waals surface area contributed by atoms with Crippen molar-refractivity contribution in [2.75, 3.05) is 5.73 Å². The number of anilines is 1. The number of halogens is 4. The summed E-state index contributed by atoms with van der Waals surface area (Å²) in [6, 6.07) is 7.69. The monoisotopic (exact) mass is 296 g/mol. The third kappa shape index (κ3) is 3.42. The van der Waals surface area contributed by atoms with E-state index in [1.165, 1.54) is 18.2 Å². The minimum atomic E-state index is -4.57. The molecule has 0 fully saturated rings. The van der Waals surface area contributed by atoms with E-state index in [0.717, 1.165) is 18.2 Å². The van der Waals surface area contributed by atoms with Crippen LogP contribution in [0.25, 0.3) is 0 Å². The summed E-state index contributed by atoms with van der Waals surface area (Å²) in [6.07, 6.45) is -4.57. The highest BCUT2D eigenvalue weighted by Crippen LogP contribution is 2.34. The molecule has 0 aliphatic rings. The van der Waals surface area contributed by atoms with Crippen molar-refractivity contribution >= 4 is 5.69 Å². The molecule has 0 aromatic heterocycles. The number of nitrogens with two attached hydrogens (primary N) is 1. The van der Waals surface area contributed by atoms with E-state index in [1.54, 1.807) is 6.07 Å². The standard InChI is InChI=1S/C14H8F4N2O/c15-13-6-11(2-1-8(13)7-19)21-12-4-9(14(16,17)18)3-10(20)5-12/h1-6H,20H2. The summed E-state index contributed by atoms with van der Waals surface area (Å²) in [5.41, 5.74) is 4.10. The van der Waals surface area contributed by atoms with Gasteiger partial charge in [-0.1, -0.05) is 0 Å². The van der Waals surface area contributed by atoms with Gasteiger partial charge in [0.1, 0.15) is 23.4 Å². The number of nitrogens with zero attached hydrogens (tertiary/aromatic N) is 1. The van der Waals surface area contributed by atoms with E-state index >= 15 is 0 Å². The summed E-state index contributed by atoms with van der Waals surface area (Å²) >= 11 is 0. The third-order valence-electron chi connectivity index (χ3n) is 2.55. The second kappa shape index (κ2) is 5.32. The summed E-state index contributed by atoms with van der Waals surface area (Å²) in [5, 5.41) is 8.59. The average molecular weight is 296 g/mol. The van der Waals surface area contributed by atoms with Crippen LogP contribution in [0.4, 0.5) is 23.2 Å². The van der Waals surface area contributed by atoms with Crippen LogP contribution in [0.15, 0.2) is 36.4 Å². The van der Waals surface area contributed by atoms with Crippen molar-refractivity contribution in [3.8, 4) is 17.6 Å². The van der Waals surface area contributed by atoms with E-state index < -0.39 is 17.6 Å². The molecule has 2 aromatic carbocycles. The highest BCUT2D eigenvalue weighted by atomic mass is 19.4. The average Bonchev–Trinajstić information content (AvgIpc) is 2.37. The van der Waals surface area contributed by atoms with Gasteiger partial charge in [0.05, 0.1) is 11.1 Å². The summed E-state index contributed by atoms with van der Waals surface area (Å²) < 4.78 is 56.5. The highest BCUT2D eigenvalue weighted by molar-refractivity contribution is 5.50. The highest BCUT2D eigenvalue weighted by Gasteiger charge is 2.31. The maximum Gasteiger partial charge on any atom is 0.416 e. The largest absolute Gasteiger partial charge is 0.457 e. The predicted molar refractivity (Wildman–Crippen MR) is 67.0 cm³/mol. The smallest absolute Gasteiger partial charge is 0.416 e. The Labute approximate surface area is 117 Å². The Balaban J connectivity index is 2.34. The second-order valence-corrected chi connectivity index (χ2v) is 4.14. The van der Waals surface area contributed by atoms with Gasteiger partial charge >= 0.3 is 6.18 Å². The first-order chi connectivity index (χ1) is 9.79. The normalized spacial score (nSPS) is 11.0. The van der Waals surface area contributed by atoms with Gasteiger partial charge in [-0.05, 0) is 24.3 Å². The van der Waals surface area contributed by atoms with Crippen molar-refractivity contribution in [1.29, 1.82) is 5.26 Å². The van der Waals surface area contributed by atoms with Crippen LogP contribution in [0.2, 0.25) is 0 Å². The molecule has 21 heavy (non-hydrogen) atoms. The van der Waals surface area contributed by atoms with Gasteiger partial charge in [0.15, 0.2) is 0 Å². The minimum absolute atomic E-state index is 0.0368. The molecule has 0 atom stereocenters. The molecule has 3 nitrogen and oxygen atoms in total. The van der Waals surface area contributed by atoms with Crippen LogP contribution in [-0.2, 0) is 6.18 Å². The van der Waals surface area contributed by atoms with Crippen LogP contribution in [0.3, 0.4) is 0 Å². The zero-order valence-corrected chi connectivity index (χ0v) is 10.4. The first-order valence-electron chi connectivity index (χ1n) is 5.65. The number of nitrogen functional groups attached to an aromatic ring is 1. The fourth-order valence-corrected chi connectivity index (χ4v) is 1.63. The van der Waals surface area contributed by atoms with Gasteiger partial charge in [-0.2, -0.15) is 18.4 Å². The molecule has 2 N–H and O–H groups in total. The van der Waals surface area contributed by atoms with Gasteiger partial charge in [-0.3, -0.25) is 0 Å². The molecule has 0 radical (unpaired) electrons. The van der Waals surface area contributed by atoms with E-state index in [-0.39, 0.29) is 22.7 Å². The summed E-state index contributed by atoms with van der Waals surface area (Å²) in [5.74, 6) is -1.04. The first kappa shape index (κ1) is 14.7. The minimum Gasteiger partial charge on any atom is -0.457 e. The zero-order valence-electron chi connectivity index (χ0n) is 10.4. The predicted octanol–water partition coefficient (Wildman–Crippen LogP) is 4.09. The van der Waals surface area contributed by atoms with Gasteiger partial charge in [-0.15, -0.1) is 0 Å².